The first-order chi connectivity index (χ1) is 11.3. The molecule has 0 aliphatic heterocycles. The number of hydrogen-bond acceptors (Lipinski definition) is 3. The van der Waals surface area contributed by atoms with E-state index in [4.69, 9.17) is 5.53 Å². The quantitative estimate of drug-likeness (QED) is 0.435. The van der Waals surface area contributed by atoms with Crippen LogP contribution in [0.1, 0.15) is 65.2 Å². The van der Waals surface area contributed by atoms with Crippen LogP contribution in [0.4, 0.5) is 0 Å². The summed E-state index contributed by atoms with van der Waals surface area (Å²) >= 11 is 0. The second kappa shape index (κ2) is 5.09. The predicted molar refractivity (Wildman–Crippen MR) is 90.8 cm³/mol. The molecule has 3 saturated carbocycles. The minimum absolute atomic E-state index is 0.150. The third-order valence-electron chi connectivity index (χ3n) is 8.28. The number of nitrogens with zero attached hydrogens (tertiary/aromatic N) is 3. The van der Waals surface area contributed by atoms with Crippen LogP contribution in [0.25, 0.3) is 10.4 Å². The minimum atomic E-state index is -1.23. The van der Waals surface area contributed by atoms with Crippen LogP contribution in [0.3, 0.4) is 0 Å². The van der Waals surface area contributed by atoms with Crippen molar-refractivity contribution in [2.45, 2.75) is 70.9 Å². The van der Waals surface area contributed by atoms with Gasteiger partial charge in [-0.15, -0.1) is 0 Å². The van der Waals surface area contributed by atoms with Crippen LogP contribution in [0.5, 0.6) is 0 Å². The van der Waals surface area contributed by atoms with Crippen LogP contribution < -0.4 is 0 Å². The van der Waals surface area contributed by atoms with E-state index in [0.29, 0.717) is 36.4 Å². The van der Waals surface area contributed by atoms with Gasteiger partial charge in [0.05, 0.1) is 0 Å². The Hall–Kier alpha value is -1.32. The molecule has 2 unspecified atom stereocenters. The van der Waals surface area contributed by atoms with Crippen molar-refractivity contribution in [3.63, 3.8) is 0 Å². The summed E-state index contributed by atoms with van der Waals surface area (Å²) in [6.07, 6.45) is 9.19. The molecule has 130 valence electrons. The monoisotopic (exact) mass is 329 g/mol. The molecule has 6 atom stereocenters. The predicted octanol–water partition coefficient (Wildman–Crippen LogP) is 4.52. The minimum Gasteiger partial charge on any atom is -0.383 e. The van der Waals surface area contributed by atoms with Crippen molar-refractivity contribution in [2.24, 2.45) is 33.7 Å². The largest absolute Gasteiger partial charge is 0.383 e. The van der Waals surface area contributed by atoms with Crippen LogP contribution in [0.2, 0.25) is 0 Å². The highest BCUT2D eigenvalue weighted by molar-refractivity contribution is 5.91. The fourth-order valence-electron chi connectivity index (χ4n) is 6.79. The van der Waals surface area contributed by atoms with Crippen molar-refractivity contribution in [2.75, 3.05) is 0 Å². The van der Waals surface area contributed by atoms with E-state index in [2.05, 4.69) is 23.9 Å². The molecule has 0 aromatic carbocycles. The lowest BCUT2D eigenvalue weighted by molar-refractivity contribution is -0.127. The molecule has 4 aliphatic rings. The topological polar surface area (TPSA) is 86.1 Å². The maximum Gasteiger partial charge on any atom is 0.155 e. The van der Waals surface area contributed by atoms with Crippen LogP contribution >= 0.6 is 0 Å². The number of ketones is 1. The lowest BCUT2D eigenvalue weighted by Gasteiger charge is -2.58. The van der Waals surface area contributed by atoms with E-state index in [9.17, 15) is 9.90 Å². The molecule has 0 aromatic heterocycles. The summed E-state index contributed by atoms with van der Waals surface area (Å²) < 4.78 is 0. The van der Waals surface area contributed by atoms with E-state index in [-0.39, 0.29) is 10.8 Å². The average Bonchev–Trinajstić information content (AvgIpc) is 2.80. The number of hydrogen-bond donors (Lipinski definition) is 1. The molecule has 5 nitrogen and oxygen atoms in total. The SMILES string of the molecule is C[C@]12CCC(=O)C=C1CCC1[C@H]2CC[C@@]2(C)[C@@H]1CCC2(O)N=[N+]=[N-]. The third kappa shape index (κ3) is 1.91. The molecule has 5 heteroatoms. The maximum atomic E-state index is 11.9. The van der Waals surface area contributed by atoms with E-state index < -0.39 is 5.72 Å². The van der Waals surface area contributed by atoms with Crippen molar-refractivity contribution < 1.29 is 9.90 Å². The van der Waals surface area contributed by atoms with E-state index in [1.165, 1.54) is 5.57 Å². The Morgan fingerprint density at radius 2 is 1.92 bits per heavy atom. The first-order valence-corrected chi connectivity index (χ1v) is 9.37. The zero-order chi connectivity index (χ0) is 17.2. The highest BCUT2D eigenvalue weighted by Gasteiger charge is 2.63. The Bertz CT molecular complexity index is 668. The summed E-state index contributed by atoms with van der Waals surface area (Å²) in [4.78, 5) is 14.8. The second-order valence-electron chi connectivity index (χ2n) is 8.97. The summed E-state index contributed by atoms with van der Waals surface area (Å²) in [6.45, 7) is 4.49. The van der Waals surface area contributed by atoms with E-state index in [1.807, 2.05) is 6.08 Å². The highest BCUT2D eigenvalue weighted by atomic mass is 16.3. The summed E-state index contributed by atoms with van der Waals surface area (Å²) in [5, 5.41) is 14.8. The Balaban J connectivity index is 1.70. The summed E-state index contributed by atoms with van der Waals surface area (Å²) in [5.74, 6) is 1.88. The van der Waals surface area contributed by atoms with E-state index >= 15 is 0 Å². The van der Waals surface area contributed by atoms with Gasteiger partial charge >= 0.3 is 0 Å². The zero-order valence-corrected chi connectivity index (χ0v) is 14.7. The van der Waals surface area contributed by atoms with Gasteiger partial charge in [0.2, 0.25) is 0 Å². The fraction of sp³-hybridized carbons (Fsp3) is 0.842. The molecule has 0 aromatic rings. The third-order valence-corrected chi connectivity index (χ3v) is 8.28. The van der Waals surface area contributed by atoms with Gasteiger partial charge in [0, 0.05) is 16.7 Å². The van der Waals surface area contributed by atoms with Crippen molar-refractivity contribution in [1.29, 1.82) is 0 Å². The van der Waals surface area contributed by atoms with Gasteiger partial charge in [-0.3, -0.25) is 4.79 Å². The molecule has 3 fully saturated rings. The normalized spacial score (nSPS) is 50.2. The smallest absolute Gasteiger partial charge is 0.155 e. The molecule has 0 radical (unpaired) electrons. The summed E-state index contributed by atoms with van der Waals surface area (Å²) in [5.41, 5.74) is 8.90. The van der Waals surface area contributed by atoms with Gasteiger partial charge in [0.15, 0.2) is 5.78 Å². The lowest BCUT2D eigenvalue weighted by atomic mass is 9.47. The number of allylic oxidation sites excluding steroid dienone is 1. The van der Waals surface area contributed by atoms with Crippen molar-refractivity contribution in [3.05, 3.63) is 22.1 Å². The van der Waals surface area contributed by atoms with Gasteiger partial charge in [-0.2, -0.15) is 0 Å². The Morgan fingerprint density at radius 3 is 2.67 bits per heavy atom. The molecule has 1 N–H and O–H groups in total. The van der Waals surface area contributed by atoms with Crippen LogP contribution in [0.15, 0.2) is 16.8 Å². The molecule has 0 spiro atoms. The molecular formula is C19H27N3O2. The van der Waals surface area contributed by atoms with E-state index in [1.54, 1.807) is 0 Å². The number of carbonyl (C=O) groups excluding carboxylic acids is 1. The highest BCUT2D eigenvalue weighted by Crippen LogP contribution is 2.67. The van der Waals surface area contributed by atoms with Gasteiger partial charge in [-0.25, -0.2) is 0 Å². The Kier molecular flexibility index (Phi) is 3.43. The first kappa shape index (κ1) is 16.2. The standard InChI is InChI=1S/C19H27N3O2/c1-17-8-5-13(23)11-12(17)3-4-14-15(17)6-9-18(2)16(14)7-10-19(18,24)21-22-20/h11,14-16,24H,3-10H2,1-2H3/t14?,15-,16-,17+,18+,19?/m1/s1. The van der Waals surface area contributed by atoms with E-state index in [0.717, 1.165) is 38.5 Å². The van der Waals surface area contributed by atoms with Gasteiger partial charge < -0.3 is 5.11 Å². The summed E-state index contributed by atoms with van der Waals surface area (Å²) in [6, 6.07) is 0. The van der Waals surface area contributed by atoms with Gasteiger partial charge in [0.1, 0.15) is 5.72 Å². The number of fused-ring (bicyclic) bond motifs is 5. The van der Waals surface area contributed by atoms with Crippen LogP contribution in [-0.4, -0.2) is 16.6 Å². The van der Waals surface area contributed by atoms with Crippen LogP contribution in [-0.2, 0) is 4.79 Å². The second-order valence-corrected chi connectivity index (χ2v) is 8.97. The van der Waals surface area contributed by atoms with Gasteiger partial charge in [0.25, 0.3) is 0 Å². The fourth-order valence-corrected chi connectivity index (χ4v) is 6.79. The molecule has 0 bridgehead atoms. The Labute approximate surface area is 143 Å². The molecule has 0 saturated heterocycles. The molecule has 0 heterocycles. The number of aliphatic hydroxyl groups is 1. The molecule has 0 amide bonds. The number of azide groups is 1. The molecule has 4 rings (SSSR count). The summed E-state index contributed by atoms with van der Waals surface area (Å²) in [7, 11) is 0. The zero-order valence-electron chi connectivity index (χ0n) is 14.7. The maximum absolute atomic E-state index is 11.9. The average molecular weight is 329 g/mol. The van der Waals surface area contributed by atoms with Gasteiger partial charge in [-0.05, 0) is 79.7 Å². The van der Waals surface area contributed by atoms with Crippen LogP contribution in [0, 0.1) is 28.6 Å². The van der Waals surface area contributed by atoms with Crippen molar-refractivity contribution in [3.8, 4) is 0 Å². The molecule has 24 heavy (non-hydrogen) atoms. The van der Waals surface area contributed by atoms with Crippen molar-refractivity contribution >= 4 is 5.78 Å². The molecule has 4 aliphatic carbocycles. The number of rotatable bonds is 1. The first-order valence-electron chi connectivity index (χ1n) is 9.37. The number of carbonyl (C=O) groups is 1. The Morgan fingerprint density at radius 1 is 1.17 bits per heavy atom. The molecular weight excluding hydrogens is 302 g/mol. The lowest BCUT2D eigenvalue weighted by Crippen LogP contribution is -2.54. The van der Waals surface area contributed by atoms with Crippen molar-refractivity contribution in [1.82, 2.24) is 0 Å². The van der Waals surface area contributed by atoms with Gasteiger partial charge in [-0.1, -0.05) is 24.5 Å².